The van der Waals surface area contributed by atoms with Crippen molar-refractivity contribution in [2.24, 2.45) is 0 Å². The standard InChI is InChI=1S/C17H19NO6S/c1-4-10-8-15(24-14(10)5-2)16(19)18-12-6-11(17(20)21)7-13(9-12)25(3,22)23/h6-9H,4-5H2,1-3H3,(H,18,19)(H,20,21). The molecule has 0 aliphatic carbocycles. The molecular weight excluding hydrogens is 346 g/mol. The molecule has 134 valence electrons. The topological polar surface area (TPSA) is 114 Å². The van der Waals surface area contributed by atoms with Crippen LogP contribution in [-0.4, -0.2) is 31.7 Å². The third-order valence-corrected chi connectivity index (χ3v) is 4.75. The Morgan fingerprint density at radius 3 is 2.28 bits per heavy atom. The van der Waals surface area contributed by atoms with Gasteiger partial charge in [0.25, 0.3) is 5.91 Å². The molecule has 0 aliphatic heterocycles. The summed E-state index contributed by atoms with van der Waals surface area (Å²) in [7, 11) is -3.63. The van der Waals surface area contributed by atoms with Gasteiger partial charge in [-0.25, -0.2) is 13.2 Å². The number of carbonyl (C=O) groups excluding carboxylic acids is 1. The number of aryl methyl sites for hydroxylation is 2. The van der Waals surface area contributed by atoms with E-state index in [1.54, 1.807) is 6.07 Å². The maximum Gasteiger partial charge on any atom is 0.335 e. The second kappa shape index (κ2) is 7.10. The molecule has 0 aliphatic rings. The van der Waals surface area contributed by atoms with E-state index in [0.29, 0.717) is 18.6 Å². The summed E-state index contributed by atoms with van der Waals surface area (Å²) in [6, 6.07) is 5.08. The lowest BCUT2D eigenvalue weighted by atomic mass is 10.1. The van der Waals surface area contributed by atoms with E-state index in [-0.39, 0.29) is 21.9 Å². The van der Waals surface area contributed by atoms with E-state index in [2.05, 4.69) is 5.32 Å². The van der Waals surface area contributed by atoms with Gasteiger partial charge in [-0.2, -0.15) is 0 Å². The molecule has 1 aromatic carbocycles. The number of hydrogen-bond acceptors (Lipinski definition) is 5. The van der Waals surface area contributed by atoms with Crippen molar-refractivity contribution in [1.82, 2.24) is 0 Å². The van der Waals surface area contributed by atoms with Gasteiger partial charge in [0.2, 0.25) is 0 Å². The Morgan fingerprint density at radius 1 is 1.12 bits per heavy atom. The Morgan fingerprint density at radius 2 is 1.80 bits per heavy atom. The second-order valence-electron chi connectivity index (χ2n) is 5.54. The number of rotatable bonds is 6. The van der Waals surface area contributed by atoms with Crippen LogP contribution in [0.3, 0.4) is 0 Å². The average molecular weight is 365 g/mol. The summed E-state index contributed by atoms with van der Waals surface area (Å²) in [6.07, 6.45) is 2.32. The molecule has 0 unspecified atom stereocenters. The van der Waals surface area contributed by atoms with Gasteiger partial charge in [0.05, 0.1) is 10.5 Å². The summed E-state index contributed by atoms with van der Waals surface area (Å²) >= 11 is 0. The first-order valence-electron chi connectivity index (χ1n) is 7.67. The van der Waals surface area contributed by atoms with Crippen LogP contribution in [0.5, 0.6) is 0 Å². The van der Waals surface area contributed by atoms with Gasteiger partial charge in [0.1, 0.15) is 5.76 Å². The fraction of sp³-hybridized carbons (Fsp3) is 0.294. The Kier molecular flexibility index (Phi) is 5.32. The van der Waals surface area contributed by atoms with Gasteiger partial charge in [0.15, 0.2) is 15.6 Å². The SMILES string of the molecule is CCc1cc(C(=O)Nc2cc(C(=O)O)cc(S(C)(=O)=O)c2)oc1CC. The number of hydrogen-bond donors (Lipinski definition) is 2. The van der Waals surface area contributed by atoms with Gasteiger partial charge in [-0.1, -0.05) is 13.8 Å². The molecule has 2 aromatic rings. The van der Waals surface area contributed by atoms with Crippen molar-refractivity contribution in [3.63, 3.8) is 0 Å². The van der Waals surface area contributed by atoms with Crippen LogP contribution in [-0.2, 0) is 22.7 Å². The molecule has 0 fully saturated rings. The fourth-order valence-electron chi connectivity index (χ4n) is 2.38. The summed E-state index contributed by atoms with van der Waals surface area (Å²) in [5.74, 6) is -1.06. The lowest BCUT2D eigenvalue weighted by molar-refractivity contribution is 0.0696. The van der Waals surface area contributed by atoms with Gasteiger partial charge in [0, 0.05) is 18.4 Å². The molecule has 2 rings (SSSR count). The maximum absolute atomic E-state index is 12.4. The number of furan rings is 1. The van der Waals surface area contributed by atoms with Crippen LogP contribution in [0.1, 0.15) is 46.1 Å². The van der Waals surface area contributed by atoms with Crippen molar-refractivity contribution in [3.8, 4) is 0 Å². The third kappa shape index (κ3) is 4.27. The molecule has 1 aromatic heterocycles. The Balaban J connectivity index is 2.39. The largest absolute Gasteiger partial charge is 0.478 e. The molecule has 1 amide bonds. The molecule has 8 heteroatoms. The van der Waals surface area contributed by atoms with Crippen LogP contribution >= 0.6 is 0 Å². The lowest BCUT2D eigenvalue weighted by Crippen LogP contribution is -2.13. The zero-order chi connectivity index (χ0) is 18.8. The van der Waals surface area contributed by atoms with Crippen molar-refractivity contribution < 1.29 is 27.5 Å². The number of carboxylic acid groups (broad SMARTS) is 1. The summed E-state index contributed by atoms with van der Waals surface area (Å²) in [5.41, 5.74) is 0.753. The number of carbonyl (C=O) groups is 2. The summed E-state index contributed by atoms with van der Waals surface area (Å²) in [5, 5.41) is 11.6. The molecule has 25 heavy (non-hydrogen) atoms. The average Bonchev–Trinajstić information content (AvgIpc) is 2.97. The maximum atomic E-state index is 12.4. The van der Waals surface area contributed by atoms with E-state index < -0.39 is 21.7 Å². The highest BCUT2D eigenvalue weighted by molar-refractivity contribution is 7.90. The van der Waals surface area contributed by atoms with Gasteiger partial charge >= 0.3 is 5.97 Å². The van der Waals surface area contributed by atoms with E-state index in [1.807, 2.05) is 13.8 Å². The zero-order valence-electron chi connectivity index (χ0n) is 14.1. The van der Waals surface area contributed by atoms with E-state index in [0.717, 1.165) is 17.9 Å². The zero-order valence-corrected chi connectivity index (χ0v) is 14.9. The predicted molar refractivity (Wildman–Crippen MR) is 91.9 cm³/mol. The number of nitrogens with one attached hydrogen (secondary N) is 1. The summed E-state index contributed by atoms with van der Waals surface area (Å²) < 4.78 is 29.0. The summed E-state index contributed by atoms with van der Waals surface area (Å²) in [4.78, 5) is 23.4. The van der Waals surface area contributed by atoms with Crippen LogP contribution in [0.4, 0.5) is 5.69 Å². The first kappa shape index (κ1) is 18.7. The highest BCUT2D eigenvalue weighted by Crippen LogP contribution is 2.22. The molecule has 0 spiro atoms. The number of benzene rings is 1. The Bertz CT molecular complexity index is 905. The number of anilines is 1. The number of aromatic carboxylic acids is 1. The van der Waals surface area contributed by atoms with Crippen LogP contribution in [0.15, 0.2) is 33.6 Å². The Labute approximate surface area is 145 Å². The number of amides is 1. The van der Waals surface area contributed by atoms with E-state index in [4.69, 9.17) is 9.52 Å². The van der Waals surface area contributed by atoms with E-state index >= 15 is 0 Å². The van der Waals surface area contributed by atoms with Crippen LogP contribution in [0.25, 0.3) is 0 Å². The minimum Gasteiger partial charge on any atom is -0.478 e. The highest BCUT2D eigenvalue weighted by Gasteiger charge is 2.18. The Hall–Kier alpha value is -2.61. The highest BCUT2D eigenvalue weighted by atomic mass is 32.2. The molecule has 0 saturated carbocycles. The minimum atomic E-state index is -3.63. The molecule has 0 radical (unpaired) electrons. The molecule has 2 N–H and O–H groups in total. The monoisotopic (exact) mass is 365 g/mol. The van der Waals surface area contributed by atoms with Crippen molar-refractivity contribution in [2.75, 3.05) is 11.6 Å². The number of sulfone groups is 1. The van der Waals surface area contributed by atoms with Crippen LogP contribution in [0, 0.1) is 0 Å². The molecule has 0 bridgehead atoms. The van der Waals surface area contributed by atoms with Crippen molar-refractivity contribution >= 4 is 27.4 Å². The number of carboxylic acids is 1. The molecule has 7 nitrogen and oxygen atoms in total. The minimum absolute atomic E-state index is 0.0674. The van der Waals surface area contributed by atoms with Crippen LogP contribution in [0.2, 0.25) is 0 Å². The van der Waals surface area contributed by atoms with E-state index in [9.17, 15) is 18.0 Å². The third-order valence-electron chi connectivity index (χ3n) is 3.66. The van der Waals surface area contributed by atoms with Gasteiger partial charge < -0.3 is 14.8 Å². The molecule has 0 atom stereocenters. The molecule has 0 saturated heterocycles. The fourth-order valence-corrected chi connectivity index (χ4v) is 3.06. The quantitative estimate of drug-likeness (QED) is 0.814. The van der Waals surface area contributed by atoms with Crippen molar-refractivity contribution in [3.05, 3.63) is 46.9 Å². The predicted octanol–water partition coefficient (Wildman–Crippen LogP) is 2.76. The molecule has 1 heterocycles. The van der Waals surface area contributed by atoms with Crippen molar-refractivity contribution in [1.29, 1.82) is 0 Å². The first-order chi connectivity index (χ1) is 11.7. The van der Waals surface area contributed by atoms with Gasteiger partial charge in [-0.3, -0.25) is 4.79 Å². The first-order valence-corrected chi connectivity index (χ1v) is 9.56. The van der Waals surface area contributed by atoms with Gasteiger partial charge in [-0.05, 0) is 36.2 Å². The van der Waals surface area contributed by atoms with E-state index in [1.165, 1.54) is 12.1 Å². The smallest absolute Gasteiger partial charge is 0.335 e. The summed E-state index contributed by atoms with van der Waals surface area (Å²) in [6.45, 7) is 3.86. The van der Waals surface area contributed by atoms with Crippen LogP contribution < -0.4 is 5.32 Å². The lowest BCUT2D eigenvalue weighted by Gasteiger charge is -2.07. The van der Waals surface area contributed by atoms with Crippen molar-refractivity contribution in [2.45, 2.75) is 31.6 Å². The van der Waals surface area contributed by atoms with Gasteiger partial charge in [-0.15, -0.1) is 0 Å². The normalized spacial score (nSPS) is 11.3. The second-order valence-corrected chi connectivity index (χ2v) is 7.56. The molecular formula is C17H19NO6S.